The second-order valence-corrected chi connectivity index (χ2v) is 8.14. The molecule has 0 radical (unpaired) electrons. The zero-order chi connectivity index (χ0) is 26.0. The fourth-order valence-corrected chi connectivity index (χ4v) is 3.47. The highest BCUT2D eigenvalue weighted by Crippen LogP contribution is 2.37. The van der Waals surface area contributed by atoms with E-state index in [1.807, 2.05) is 0 Å². The minimum absolute atomic E-state index is 0.0938. The Labute approximate surface area is 205 Å². The van der Waals surface area contributed by atoms with Gasteiger partial charge in [0.2, 0.25) is 0 Å². The second kappa shape index (κ2) is 10.6. The van der Waals surface area contributed by atoms with Crippen LogP contribution in [0.4, 0.5) is 30.7 Å². The summed E-state index contributed by atoms with van der Waals surface area (Å²) >= 11 is 12.0. The molecule has 0 aliphatic heterocycles. The van der Waals surface area contributed by atoms with Crippen LogP contribution in [0.25, 0.3) is 0 Å². The Kier molecular flexibility index (Phi) is 8.21. The lowest BCUT2D eigenvalue weighted by molar-refractivity contribution is -0.202. The van der Waals surface area contributed by atoms with Crippen molar-refractivity contribution in [3.8, 4) is 11.5 Å². The lowest BCUT2D eigenvalue weighted by Crippen LogP contribution is -2.40. The smallest absolute Gasteiger partial charge is 0.416 e. The van der Waals surface area contributed by atoms with E-state index >= 15 is 0 Å². The van der Waals surface area contributed by atoms with E-state index in [-0.39, 0.29) is 38.7 Å². The highest BCUT2D eigenvalue weighted by molar-refractivity contribution is 6.42. The first kappa shape index (κ1) is 27.1. The first-order valence-electron chi connectivity index (χ1n) is 9.84. The Hall–Kier alpha value is -2.53. The number of alkyl halides is 6. The summed E-state index contributed by atoms with van der Waals surface area (Å²) in [6.07, 6.45) is -12.6. The van der Waals surface area contributed by atoms with Crippen LogP contribution in [0.15, 0.2) is 60.7 Å². The molecule has 0 bridgehead atoms. The van der Waals surface area contributed by atoms with E-state index in [1.165, 1.54) is 36.4 Å². The van der Waals surface area contributed by atoms with Crippen LogP contribution in [0.1, 0.15) is 22.7 Å². The third kappa shape index (κ3) is 6.78. The van der Waals surface area contributed by atoms with E-state index in [0.29, 0.717) is 6.07 Å². The highest BCUT2D eigenvalue weighted by atomic mass is 35.5. The second-order valence-electron chi connectivity index (χ2n) is 7.36. The molecule has 188 valence electrons. The molecule has 3 aromatic rings. The third-order valence-corrected chi connectivity index (χ3v) is 5.67. The number of hydrogen-bond donors (Lipinski definition) is 2. The number of halogens is 9. The molecule has 0 aromatic heterocycles. The van der Waals surface area contributed by atoms with Crippen molar-refractivity contribution in [3.63, 3.8) is 0 Å². The monoisotopic (exact) mass is 541 g/mol. The van der Waals surface area contributed by atoms with E-state index in [2.05, 4.69) is 5.32 Å². The zero-order valence-electron chi connectivity index (χ0n) is 17.4. The van der Waals surface area contributed by atoms with Crippen molar-refractivity contribution in [1.82, 2.24) is 5.32 Å². The molecule has 0 amide bonds. The van der Waals surface area contributed by atoms with Gasteiger partial charge in [-0.15, -0.1) is 0 Å². The fourth-order valence-electron chi connectivity index (χ4n) is 3.14. The summed E-state index contributed by atoms with van der Waals surface area (Å²) in [6, 6.07) is 10.6. The van der Waals surface area contributed by atoms with Crippen molar-refractivity contribution in [2.75, 3.05) is 6.54 Å². The molecule has 2 N–H and O–H groups in total. The van der Waals surface area contributed by atoms with E-state index in [0.717, 1.165) is 6.07 Å². The molecule has 1 unspecified atom stereocenters. The number of nitrogens with one attached hydrogen (secondary N) is 1. The molecule has 35 heavy (non-hydrogen) atoms. The normalized spacial score (nSPS) is 14.0. The molecule has 0 aliphatic rings. The van der Waals surface area contributed by atoms with E-state index in [9.17, 15) is 35.8 Å². The quantitative estimate of drug-likeness (QED) is 0.303. The maximum atomic E-state index is 14.7. The fraction of sp³-hybridized carbons (Fsp3) is 0.217. The van der Waals surface area contributed by atoms with Gasteiger partial charge in [-0.3, -0.25) is 0 Å². The summed E-state index contributed by atoms with van der Waals surface area (Å²) in [5, 5.41) is 12.0. The van der Waals surface area contributed by atoms with Crippen molar-refractivity contribution >= 4 is 23.2 Å². The molecule has 0 spiro atoms. The van der Waals surface area contributed by atoms with Crippen molar-refractivity contribution in [3.05, 3.63) is 93.2 Å². The minimum Gasteiger partial charge on any atom is -0.456 e. The van der Waals surface area contributed by atoms with Gasteiger partial charge in [0, 0.05) is 12.1 Å². The van der Waals surface area contributed by atoms with Crippen LogP contribution in [0.2, 0.25) is 10.0 Å². The topological polar surface area (TPSA) is 41.5 Å². The number of hydrogen-bond acceptors (Lipinski definition) is 3. The minimum atomic E-state index is -4.97. The Morgan fingerprint density at radius 2 is 1.60 bits per heavy atom. The average molecular weight is 542 g/mol. The van der Waals surface area contributed by atoms with E-state index < -0.39 is 42.4 Å². The van der Waals surface area contributed by atoms with E-state index in [1.54, 1.807) is 6.07 Å². The third-order valence-electron chi connectivity index (χ3n) is 4.87. The van der Waals surface area contributed by atoms with Crippen LogP contribution in [0.5, 0.6) is 11.5 Å². The average Bonchev–Trinajstić information content (AvgIpc) is 2.77. The molecule has 12 heteroatoms. The van der Waals surface area contributed by atoms with Gasteiger partial charge in [0.15, 0.2) is 6.10 Å². The van der Waals surface area contributed by atoms with Gasteiger partial charge in [-0.2, -0.15) is 26.3 Å². The van der Waals surface area contributed by atoms with Gasteiger partial charge in [-0.25, -0.2) is 4.39 Å². The molecule has 3 rings (SSSR count). The van der Waals surface area contributed by atoms with Gasteiger partial charge in [0.1, 0.15) is 22.3 Å². The van der Waals surface area contributed by atoms with Gasteiger partial charge < -0.3 is 15.2 Å². The molecule has 0 saturated carbocycles. The van der Waals surface area contributed by atoms with Crippen molar-refractivity contribution < 1.29 is 40.6 Å². The number of rotatable bonds is 7. The summed E-state index contributed by atoms with van der Waals surface area (Å²) in [4.78, 5) is 0. The lowest BCUT2D eigenvalue weighted by Gasteiger charge is -2.24. The first-order chi connectivity index (χ1) is 16.3. The Balaban J connectivity index is 1.99. The summed E-state index contributed by atoms with van der Waals surface area (Å²) in [5.41, 5.74) is -1.49. The number of aliphatic hydroxyl groups is 1. The predicted molar refractivity (Wildman–Crippen MR) is 116 cm³/mol. The van der Waals surface area contributed by atoms with Gasteiger partial charge >= 0.3 is 12.4 Å². The Morgan fingerprint density at radius 3 is 2.23 bits per heavy atom. The Bertz CT molecular complexity index is 1190. The van der Waals surface area contributed by atoms with E-state index in [4.69, 9.17) is 27.9 Å². The Morgan fingerprint density at radius 1 is 0.914 bits per heavy atom. The van der Waals surface area contributed by atoms with Gasteiger partial charge in [0.25, 0.3) is 0 Å². The zero-order valence-corrected chi connectivity index (χ0v) is 18.9. The summed E-state index contributed by atoms with van der Waals surface area (Å²) < 4.78 is 97.7. The predicted octanol–water partition coefficient (Wildman–Crippen LogP) is 7.55. The summed E-state index contributed by atoms with van der Waals surface area (Å²) in [5.74, 6) is -1.00. The van der Waals surface area contributed by atoms with Gasteiger partial charge in [-0.05, 0) is 42.0 Å². The number of ether oxygens (including phenoxy) is 1. The summed E-state index contributed by atoms with van der Waals surface area (Å²) in [7, 11) is 0. The van der Waals surface area contributed by atoms with Crippen molar-refractivity contribution in [1.29, 1.82) is 0 Å². The van der Waals surface area contributed by atoms with Crippen LogP contribution in [0, 0.1) is 5.82 Å². The van der Waals surface area contributed by atoms with Crippen LogP contribution in [0.3, 0.4) is 0 Å². The highest BCUT2D eigenvalue weighted by Gasteiger charge is 2.38. The van der Waals surface area contributed by atoms with Crippen LogP contribution in [-0.2, 0) is 6.18 Å². The molecule has 0 heterocycles. The van der Waals surface area contributed by atoms with Crippen molar-refractivity contribution in [2.45, 2.75) is 24.5 Å². The lowest BCUT2D eigenvalue weighted by atomic mass is 9.96. The maximum absolute atomic E-state index is 14.7. The summed E-state index contributed by atoms with van der Waals surface area (Å²) in [6.45, 7) is -1.06. The van der Waals surface area contributed by atoms with Crippen molar-refractivity contribution in [2.24, 2.45) is 0 Å². The van der Waals surface area contributed by atoms with Crippen LogP contribution in [-0.4, -0.2) is 23.9 Å². The molecule has 0 saturated heterocycles. The molecular formula is C23H16Cl2F7NO2. The molecular weight excluding hydrogens is 526 g/mol. The van der Waals surface area contributed by atoms with Crippen LogP contribution >= 0.6 is 23.2 Å². The number of aliphatic hydroxyl groups excluding tert-OH is 1. The largest absolute Gasteiger partial charge is 0.456 e. The maximum Gasteiger partial charge on any atom is 0.416 e. The molecule has 2 atom stereocenters. The van der Waals surface area contributed by atoms with Gasteiger partial charge in [0.05, 0.1) is 16.6 Å². The first-order valence-corrected chi connectivity index (χ1v) is 10.6. The van der Waals surface area contributed by atoms with Gasteiger partial charge in [-0.1, -0.05) is 47.5 Å². The molecule has 0 fully saturated rings. The molecule has 3 nitrogen and oxygen atoms in total. The standard InChI is InChI=1S/C23H16Cl2F7NO2/c24-16-5-2-6-18(20(16)25)35-14-4-1-3-12(9-14)21(33-11-19(34)23(30,31)32)15-8-7-13(10-17(15)26)22(27,28)29/h1-10,19,21,33-34H,11H2/t19-,21?/m1/s1. The number of benzene rings is 3. The van der Waals surface area contributed by atoms with Crippen LogP contribution < -0.4 is 10.1 Å². The molecule has 3 aromatic carbocycles. The SMILES string of the molecule is O[C@H](CNC(c1cccc(Oc2cccc(Cl)c2Cl)c1)c1ccc(C(F)(F)F)cc1F)C(F)(F)F. The molecule has 0 aliphatic carbocycles.